The first-order chi connectivity index (χ1) is 7.88. The van der Waals surface area contributed by atoms with E-state index in [-0.39, 0.29) is 6.10 Å². The maximum absolute atomic E-state index is 5.85. The predicted molar refractivity (Wildman–Crippen MR) is 58.5 cm³/mol. The van der Waals surface area contributed by atoms with Gasteiger partial charge in [-0.25, -0.2) is 9.78 Å². The maximum atomic E-state index is 5.85. The van der Waals surface area contributed by atoms with E-state index in [2.05, 4.69) is 0 Å². The summed E-state index contributed by atoms with van der Waals surface area (Å²) in [4.78, 5) is 10.9. The lowest BCUT2D eigenvalue weighted by Gasteiger charge is -2.35. The molecule has 1 spiro atoms. The van der Waals surface area contributed by atoms with Crippen molar-refractivity contribution in [2.24, 2.45) is 0 Å². The van der Waals surface area contributed by atoms with Crippen LogP contribution in [0.2, 0.25) is 0 Å². The Balaban J connectivity index is 1.66. The lowest BCUT2D eigenvalue weighted by atomic mass is 10.1. The molecule has 1 atom stereocenters. The van der Waals surface area contributed by atoms with Gasteiger partial charge in [-0.3, -0.25) is 0 Å². The van der Waals surface area contributed by atoms with Crippen molar-refractivity contribution < 1.29 is 14.5 Å². The molecular formula is C13H16O3. The Morgan fingerprint density at radius 3 is 2.44 bits per heavy atom. The van der Waals surface area contributed by atoms with Gasteiger partial charge in [0.05, 0.1) is 6.61 Å². The predicted octanol–water partition coefficient (Wildman–Crippen LogP) is 2.98. The molecule has 1 saturated heterocycles. The molecule has 1 aromatic carbocycles. The van der Waals surface area contributed by atoms with E-state index in [9.17, 15) is 0 Å². The summed E-state index contributed by atoms with van der Waals surface area (Å²) in [5.74, 6) is -0.439. The monoisotopic (exact) mass is 220 g/mol. The molecule has 2 fully saturated rings. The second-order valence-electron chi connectivity index (χ2n) is 4.51. The fraction of sp³-hybridized carbons (Fsp3) is 0.538. The summed E-state index contributed by atoms with van der Waals surface area (Å²) in [7, 11) is 0. The summed E-state index contributed by atoms with van der Waals surface area (Å²) in [5.41, 5.74) is 1.11. The number of hydrogen-bond acceptors (Lipinski definition) is 3. The highest BCUT2D eigenvalue weighted by atomic mass is 17.2. The number of hydrogen-bond donors (Lipinski definition) is 0. The van der Waals surface area contributed by atoms with E-state index < -0.39 is 5.79 Å². The molecule has 1 aliphatic carbocycles. The largest absolute Gasteiger partial charge is 0.344 e. The molecule has 1 saturated carbocycles. The van der Waals surface area contributed by atoms with Crippen LogP contribution < -0.4 is 0 Å². The number of rotatable bonds is 1. The van der Waals surface area contributed by atoms with Gasteiger partial charge in [-0.05, 0) is 18.4 Å². The van der Waals surface area contributed by atoms with Crippen LogP contribution >= 0.6 is 0 Å². The number of ether oxygens (including phenoxy) is 1. The van der Waals surface area contributed by atoms with Crippen LogP contribution in [0, 0.1) is 0 Å². The summed E-state index contributed by atoms with van der Waals surface area (Å²) >= 11 is 0. The first-order valence-electron chi connectivity index (χ1n) is 5.91. The highest BCUT2D eigenvalue weighted by Gasteiger charge is 2.42. The quantitative estimate of drug-likeness (QED) is 0.681. The van der Waals surface area contributed by atoms with Crippen LogP contribution in [0.1, 0.15) is 37.4 Å². The zero-order valence-electron chi connectivity index (χ0n) is 9.22. The van der Waals surface area contributed by atoms with Crippen molar-refractivity contribution in [1.29, 1.82) is 0 Å². The number of benzene rings is 1. The van der Waals surface area contributed by atoms with E-state index in [1.165, 1.54) is 12.8 Å². The van der Waals surface area contributed by atoms with E-state index >= 15 is 0 Å². The van der Waals surface area contributed by atoms with Crippen molar-refractivity contribution in [3.63, 3.8) is 0 Å². The minimum atomic E-state index is -0.439. The van der Waals surface area contributed by atoms with Crippen LogP contribution in [0.5, 0.6) is 0 Å². The topological polar surface area (TPSA) is 27.7 Å². The highest BCUT2D eigenvalue weighted by molar-refractivity contribution is 5.17. The first-order valence-corrected chi connectivity index (χ1v) is 5.91. The minimum Gasteiger partial charge on any atom is -0.344 e. The highest BCUT2D eigenvalue weighted by Crippen LogP contribution is 2.39. The van der Waals surface area contributed by atoms with Crippen molar-refractivity contribution >= 4 is 0 Å². The summed E-state index contributed by atoms with van der Waals surface area (Å²) in [6.45, 7) is 0.587. The molecule has 0 radical (unpaired) electrons. The molecule has 0 aromatic heterocycles. The molecule has 1 unspecified atom stereocenters. The molecule has 0 amide bonds. The third-order valence-corrected chi connectivity index (χ3v) is 3.35. The maximum Gasteiger partial charge on any atom is 0.201 e. The van der Waals surface area contributed by atoms with Crippen LogP contribution in [0.25, 0.3) is 0 Å². The second kappa shape index (κ2) is 4.17. The molecule has 86 valence electrons. The van der Waals surface area contributed by atoms with E-state index in [4.69, 9.17) is 14.5 Å². The van der Waals surface area contributed by atoms with Crippen molar-refractivity contribution in [3.05, 3.63) is 35.9 Å². The first kappa shape index (κ1) is 10.3. The van der Waals surface area contributed by atoms with E-state index in [0.29, 0.717) is 6.61 Å². The summed E-state index contributed by atoms with van der Waals surface area (Å²) in [6, 6.07) is 10.1. The third-order valence-electron chi connectivity index (χ3n) is 3.35. The van der Waals surface area contributed by atoms with Gasteiger partial charge in [0, 0.05) is 12.8 Å². The Labute approximate surface area is 95.2 Å². The lowest BCUT2D eigenvalue weighted by molar-refractivity contribution is -0.487. The molecule has 3 rings (SSSR count). The Bertz CT molecular complexity index is 333. The van der Waals surface area contributed by atoms with E-state index in [1.807, 2.05) is 30.3 Å². The van der Waals surface area contributed by atoms with Gasteiger partial charge in [-0.15, -0.1) is 0 Å². The molecule has 1 aliphatic heterocycles. The van der Waals surface area contributed by atoms with E-state index in [1.54, 1.807) is 0 Å². The van der Waals surface area contributed by atoms with Crippen molar-refractivity contribution in [3.8, 4) is 0 Å². The average Bonchev–Trinajstić information content (AvgIpc) is 2.80. The molecule has 1 aromatic rings. The van der Waals surface area contributed by atoms with Gasteiger partial charge in [0.1, 0.15) is 6.10 Å². The Kier molecular flexibility index (Phi) is 2.67. The molecule has 16 heavy (non-hydrogen) atoms. The third kappa shape index (κ3) is 1.86. The molecule has 0 N–H and O–H groups in total. The summed E-state index contributed by atoms with van der Waals surface area (Å²) in [5, 5.41) is 0. The normalized spacial score (nSPS) is 28.4. The summed E-state index contributed by atoms with van der Waals surface area (Å²) < 4.78 is 5.85. The average molecular weight is 220 g/mol. The van der Waals surface area contributed by atoms with Crippen LogP contribution in [-0.2, 0) is 14.5 Å². The van der Waals surface area contributed by atoms with Gasteiger partial charge in [-0.2, -0.15) is 0 Å². The van der Waals surface area contributed by atoms with Gasteiger partial charge in [0.2, 0.25) is 5.79 Å². The molecule has 3 heteroatoms. The van der Waals surface area contributed by atoms with Gasteiger partial charge >= 0.3 is 0 Å². The zero-order chi connectivity index (χ0) is 10.8. The van der Waals surface area contributed by atoms with Crippen LogP contribution in [0.3, 0.4) is 0 Å². The minimum absolute atomic E-state index is 0.0903. The molecular weight excluding hydrogens is 204 g/mol. The van der Waals surface area contributed by atoms with Gasteiger partial charge in [0.25, 0.3) is 0 Å². The van der Waals surface area contributed by atoms with Crippen LogP contribution in [-0.4, -0.2) is 12.4 Å². The van der Waals surface area contributed by atoms with Crippen molar-refractivity contribution in [1.82, 2.24) is 0 Å². The fourth-order valence-electron chi connectivity index (χ4n) is 2.39. The smallest absolute Gasteiger partial charge is 0.201 e. The lowest BCUT2D eigenvalue weighted by Crippen LogP contribution is -2.39. The van der Waals surface area contributed by atoms with Crippen LogP contribution in [0.4, 0.5) is 0 Å². The molecule has 0 bridgehead atoms. The van der Waals surface area contributed by atoms with E-state index in [0.717, 1.165) is 18.4 Å². The zero-order valence-corrected chi connectivity index (χ0v) is 9.22. The standard InChI is InChI=1S/C13H16O3/c1-2-6-11(7-3-1)12-10-14-13(16-15-12)8-4-5-9-13/h1-3,6-7,12H,4-5,8-10H2. The molecule has 1 heterocycles. The van der Waals surface area contributed by atoms with Crippen LogP contribution in [0.15, 0.2) is 30.3 Å². The Morgan fingerprint density at radius 2 is 1.81 bits per heavy atom. The Morgan fingerprint density at radius 1 is 1.06 bits per heavy atom. The molecule has 3 nitrogen and oxygen atoms in total. The summed E-state index contributed by atoms with van der Waals surface area (Å²) in [6.07, 6.45) is 4.15. The molecule has 2 aliphatic rings. The van der Waals surface area contributed by atoms with Gasteiger partial charge in [0.15, 0.2) is 0 Å². The van der Waals surface area contributed by atoms with Gasteiger partial charge in [-0.1, -0.05) is 30.3 Å². The second-order valence-corrected chi connectivity index (χ2v) is 4.51. The Hall–Kier alpha value is -0.900. The van der Waals surface area contributed by atoms with Crippen molar-refractivity contribution in [2.45, 2.75) is 37.6 Å². The SMILES string of the molecule is c1ccc(C2COC3(CCCC3)OO2)cc1. The van der Waals surface area contributed by atoms with Crippen molar-refractivity contribution in [2.75, 3.05) is 6.61 Å². The van der Waals surface area contributed by atoms with Gasteiger partial charge < -0.3 is 4.74 Å². The fourth-order valence-corrected chi connectivity index (χ4v) is 2.39.